The minimum Gasteiger partial charge on any atom is -0.399 e. The molecule has 0 heterocycles. The number of sulfonamides is 1. The van der Waals surface area contributed by atoms with Crippen LogP contribution in [-0.2, 0) is 16.6 Å². The van der Waals surface area contributed by atoms with Crippen molar-refractivity contribution in [3.63, 3.8) is 0 Å². The number of nitrogens with one attached hydrogen (secondary N) is 1. The number of rotatable bonds is 4. The maximum absolute atomic E-state index is 12.0. The van der Waals surface area contributed by atoms with Gasteiger partial charge in [-0.25, -0.2) is 13.1 Å². The molecule has 0 amide bonds. The molecule has 1 aromatic rings. The van der Waals surface area contributed by atoms with Crippen LogP contribution >= 0.6 is 0 Å². The maximum atomic E-state index is 12.0. The summed E-state index contributed by atoms with van der Waals surface area (Å²) in [6.45, 7) is 1.50. The predicted molar refractivity (Wildman–Crippen MR) is 57.4 cm³/mol. The van der Waals surface area contributed by atoms with E-state index in [4.69, 9.17) is 5.73 Å². The van der Waals surface area contributed by atoms with Gasteiger partial charge in [0.25, 0.3) is 10.0 Å². The van der Waals surface area contributed by atoms with Gasteiger partial charge >= 0.3 is 5.76 Å². The largest absolute Gasteiger partial charge is 0.399 e. The first kappa shape index (κ1) is 12.9. The summed E-state index contributed by atoms with van der Waals surface area (Å²) in [7, 11) is -4.55. The van der Waals surface area contributed by atoms with Crippen LogP contribution in [0.3, 0.4) is 0 Å². The standard InChI is InChI=1S/C9H12F2N2O2S/c1-6-7(3-2-4-8(6)12)5-13-16(14,15)9(10)11/h2-4,9,13H,5,12H2,1H3. The van der Waals surface area contributed by atoms with Crippen molar-refractivity contribution in [3.05, 3.63) is 29.3 Å². The highest BCUT2D eigenvalue weighted by atomic mass is 32.2. The van der Waals surface area contributed by atoms with Gasteiger partial charge in [0, 0.05) is 12.2 Å². The first-order chi connectivity index (χ1) is 7.34. The minimum absolute atomic E-state index is 0.191. The molecule has 4 nitrogen and oxygen atoms in total. The average Bonchev–Trinajstić information content (AvgIpc) is 2.20. The zero-order chi connectivity index (χ0) is 12.3. The lowest BCUT2D eigenvalue weighted by Gasteiger charge is -2.09. The highest BCUT2D eigenvalue weighted by Crippen LogP contribution is 2.15. The number of benzene rings is 1. The summed E-state index contributed by atoms with van der Waals surface area (Å²) >= 11 is 0. The van der Waals surface area contributed by atoms with Crippen molar-refractivity contribution < 1.29 is 17.2 Å². The second-order valence-corrected chi connectivity index (χ2v) is 4.99. The smallest absolute Gasteiger partial charge is 0.350 e. The van der Waals surface area contributed by atoms with Crippen molar-refractivity contribution in [2.75, 3.05) is 5.73 Å². The molecule has 1 aromatic carbocycles. The third-order valence-electron chi connectivity index (χ3n) is 2.19. The zero-order valence-corrected chi connectivity index (χ0v) is 9.39. The molecule has 0 aliphatic rings. The van der Waals surface area contributed by atoms with Crippen LogP contribution in [0.4, 0.5) is 14.5 Å². The van der Waals surface area contributed by atoms with Crippen LogP contribution in [0.5, 0.6) is 0 Å². The van der Waals surface area contributed by atoms with E-state index in [-0.39, 0.29) is 6.54 Å². The Morgan fingerprint density at radius 1 is 1.44 bits per heavy atom. The van der Waals surface area contributed by atoms with Gasteiger partial charge in [-0.15, -0.1) is 0 Å². The maximum Gasteiger partial charge on any atom is 0.350 e. The van der Waals surface area contributed by atoms with Gasteiger partial charge in [-0.05, 0) is 24.1 Å². The molecule has 0 fully saturated rings. The molecule has 16 heavy (non-hydrogen) atoms. The van der Waals surface area contributed by atoms with Gasteiger partial charge in [0.15, 0.2) is 0 Å². The van der Waals surface area contributed by atoms with E-state index in [0.29, 0.717) is 16.8 Å². The Kier molecular flexibility index (Phi) is 3.82. The number of hydrogen-bond acceptors (Lipinski definition) is 3. The van der Waals surface area contributed by atoms with Gasteiger partial charge < -0.3 is 5.73 Å². The summed E-state index contributed by atoms with van der Waals surface area (Å²) in [6, 6.07) is 4.91. The van der Waals surface area contributed by atoms with Crippen molar-refractivity contribution in [2.45, 2.75) is 19.2 Å². The van der Waals surface area contributed by atoms with Gasteiger partial charge in [-0.2, -0.15) is 8.78 Å². The highest BCUT2D eigenvalue weighted by Gasteiger charge is 2.23. The van der Waals surface area contributed by atoms with E-state index < -0.39 is 15.8 Å². The van der Waals surface area contributed by atoms with E-state index in [9.17, 15) is 17.2 Å². The molecule has 0 aliphatic carbocycles. The Morgan fingerprint density at radius 2 is 2.06 bits per heavy atom. The lowest BCUT2D eigenvalue weighted by atomic mass is 10.1. The Hall–Kier alpha value is -1.21. The van der Waals surface area contributed by atoms with Crippen molar-refractivity contribution in [1.82, 2.24) is 4.72 Å². The number of alkyl halides is 2. The summed E-state index contributed by atoms with van der Waals surface area (Å²) in [6.07, 6.45) is 0. The second kappa shape index (κ2) is 4.75. The summed E-state index contributed by atoms with van der Waals surface area (Å²) in [4.78, 5) is 0. The fourth-order valence-electron chi connectivity index (χ4n) is 1.14. The Balaban J connectivity index is 2.80. The number of halogens is 2. The molecular formula is C9H12F2N2O2S. The topological polar surface area (TPSA) is 72.2 Å². The fourth-order valence-corrected chi connectivity index (χ4v) is 1.62. The molecule has 0 bridgehead atoms. The number of nitrogen functional groups attached to an aromatic ring is 1. The zero-order valence-electron chi connectivity index (χ0n) is 8.57. The molecule has 0 saturated heterocycles. The summed E-state index contributed by atoms with van der Waals surface area (Å²) in [5, 5.41) is 0. The van der Waals surface area contributed by atoms with E-state index in [2.05, 4.69) is 0 Å². The second-order valence-electron chi connectivity index (χ2n) is 3.26. The van der Waals surface area contributed by atoms with E-state index in [1.807, 2.05) is 4.72 Å². The third-order valence-corrected chi connectivity index (χ3v) is 3.20. The highest BCUT2D eigenvalue weighted by molar-refractivity contribution is 7.89. The summed E-state index contributed by atoms with van der Waals surface area (Å²) in [5.74, 6) is -3.42. The Labute approximate surface area is 92.5 Å². The number of anilines is 1. The Morgan fingerprint density at radius 3 is 2.62 bits per heavy atom. The monoisotopic (exact) mass is 250 g/mol. The van der Waals surface area contributed by atoms with Gasteiger partial charge in [0.2, 0.25) is 0 Å². The lowest BCUT2D eigenvalue weighted by Crippen LogP contribution is -2.29. The van der Waals surface area contributed by atoms with E-state index in [1.54, 1.807) is 25.1 Å². The molecule has 3 N–H and O–H groups in total. The first-order valence-electron chi connectivity index (χ1n) is 4.45. The van der Waals surface area contributed by atoms with Crippen LogP contribution in [-0.4, -0.2) is 14.2 Å². The van der Waals surface area contributed by atoms with E-state index in [0.717, 1.165) is 0 Å². The van der Waals surface area contributed by atoms with Crippen molar-refractivity contribution in [1.29, 1.82) is 0 Å². The third kappa shape index (κ3) is 2.89. The SMILES string of the molecule is Cc1c(N)cccc1CNS(=O)(=O)C(F)F. The molecule has 0 spiro atoms. The molecule has 0 unspecified atom stereocenters. The average molecular weight is 250 g/mol. The lowest BCUT2D eigenvalue weighted by molar-refractivity contribution is 0.232. The van der Waals surface area contributed by atoms with Crippen LogP contribution in [0.25, 0.3) is 0 Å². The molecule has 0 aliphatic heterocycles. The predicted octanol–water partition coefficient (Wildman–Crippen LogP) is 1.22. The summed E-state index contributed by atoms with van der Waals surface area (Å²) in [5.41, 5.74) is 7.34. The normalized spacial score (nSPS) is 12.0. The van der Waals surface area contributed by atoms with Crippen molar-refractivity contribution in [3.8, 4) is 0 Å². The quantitative estimate of drug-likeness (QED) is 0.789. The first-order valence-corrected chi connectivity index (χ1v) is 6.00. The fraction of sp³-hybridized carbons (Fsp3) is 0.333. The molecule has 1 rings (SSSR count). The van der Waals surface area contributed by atoms with Crippen LogP contribution in [0.2, 0.25) is 0 Å². The molecule has 0 atom stereocenters. The minimum atomic E-state index is -4.55. The molecule has 90 valence electrons. The molecule has 0 saturated carbocycles. The van der Waals surface area contributed by atoms with Crippen LogP contribution < -0.4 is 10.5 Å². The van der Waals surface area contributed by atoms with Crippen LogP contribution in [0, 0.1) is 6.92 Å². The molecule has 0 radical (unpaired) electrons. The van der Waals surface area contributed by atoms with Gasteiger partial charge in [0.05, 0.1) is 0 Å². The van der Waals surface area contributed by atoms with Crippen molar-refractivity contribution in [2.24, 2.45) is 0 Å². The Bertz CT molecular complexity index is 474. The van der Waals surface area contributed by atoms with E-state index in [1.165, 1.54) is 0 Å². The van der Waals surface area contributed by atoms with Crippen LogP contribution in [0.15, 0.2) is 18.2 Å². The van der Waals surface area contributed by atoms with Gasteiger partial charge in [0.1, 0.15) is 0 Å². The summed E-state index contributed by atoms with van der Waals surface area (Å²) < 4.78 is 47.5. The molecule has 0 aromatic heterocycles. The molecule has 7 heteroatoms. The van der Waals surface area contributed by atoms with Crippen molar-refractivity contribution >= 4 is 15.7 Å². The number of nitrogens with two attached hydrogens (primary N) is 1. The van der Waals surface area contributed by atoms with Crippen LogP contribution in [0.1, 0.15) is 11.1 Å². The van der Waals surface area contributed by atoms with E-state index >= 15 is 0 Å². The number of hydrogen-bond donors (Lipinski definition) is 2. The van der Waals surface area contributed by atoms with Gasteiger partial charge in [-0.1, -0.05) is 12.1 Å². The molecular weight excluding hydrogens is 238 g/mol. The van der Waals surface area contributed by atoms with Gasteiger partial charge in [-0.3, -0.25) is 0 Å².